The zero-order valence-corrected chi connectivity index (χ0v) is 12.5. The van der Waals surface area contributed by atoms with Gasteiger partial charge in [0.1, 0.15) is 5.75 Å². The largest absolute Gasteiger partial charge is 0.495 e. The zero-order chi connectivity index (χ0) is 13.5. The van der Waals surface area contributed by atoms with Crippen molar-refractivity contribution in [1.29, 1.82) is 0 Å². The smallest absolute Gasteiger partial charge is 0.224 e. The number of anilines is 1. The Morgan fingerprint density at radius 1 is 1.50 bits per heavy atom. The Balaban J connectivity index is 2.71. The minimum Gasteiger partial charge on any atom is -0.495 e. The molecule has 1 rings (SSSR count). The number of carbonyl (C=O) groups is 1. The molecule has 0 saturated heterocycles. The summed E-state index contributed by atoms with van der Waals surface area (Å²) >= 11 is 7.75. The summed E-state index contributed by atoms with van der Waals surface area (Å²) in [5, 5.41) is 3.49. The van der Waals surface area contributed by atoms with Crippen molar-refractivity contribution in [3.05, 3.63) is 22.7 Å². The minimum absolute atomic E-state index is 0.00377. The van der Waals surface area contributed by atoms with E-state index in [0.717, 1.165) is 17.7 Å². The van der Waals surface area contributed by atoms with Crippen molar-refractivity contribution in [2.75, 3.05) is 24.4 Å². The number of methoxy groups -OCH3 is 1. The first-order valence-electron chi connectivity index (χ1n) is 5.71. The monoisotopic (exact) mass is 287 g/mol. The van der Waals surface area contributed by atoms with Crippen LogP contribution in [0.2, 0.25) is 5.02 Å². The molecule has 1 N–H and O–H groups in total. The second-order valence-electron chi connectivity index (χ2n) is 3.95. The number of ether oxygens (including phenoxy) is 1. The van der Waals surface area contributed by atoms with Gasteiger partial charge in [-0.25, -0.2) is 0 Å². The molecule has 1 aromatic rings. The zero-order valence-electron chi connectivity index (χ0n) is 10.9. The topological polar surface area (TPSA) is 38.3 Å². The van der Waals surface area contributed by atoms with E-state index < -0.39 is 0 Å². The van der Waals surface area contributed by atoms with Gasteiger partial charge < -0.3 is 10.1 Å². The summed E-state index contributed by atoms with van der Waals surface area (Å²) in [4.78, 5) is 11.7. The SMILES string of the molecule is COc1cc(Cl)c(C)cc1NC(=O)CCCSC. The van der Waals surface area contributed by atoms with Crippen molar-refractivity contribution in [3.8, 4) is 5.75 Å². The Hall–Kier alpha value is -0.870. The van der Waals surface area contributed by atoms with Gasteiger partial charge in [0.2, 0.25) is 5.91 Å². The molecule has 3 nitrogen and oxygen atoms in total. The number of thioether (sulfide) groups is 1. The molecule has 0 unspecified atom stereocenters. The van der Waals surface area contributed by atoms with Crippen molar-refractivity contribution in [1.82, 2.24) is 0 Å². The molecule has 0 aliphatic carbocycles. The van der Waals surface area contributed by atoms with E-state index >= 15 is 0 Å². The number of amides is 1. The molecule has 100 valence electrons. The third-order valence-corrected chi connectivity index (χ3v) is 3.61. The maximum absolute atomic E-state index is 11.7. The van der Waals surface area contributed by atoms with Crippen molar-refractivity contribution in [2.24, 2.45) is 0 Å². The molecule has 0 aliphatic rings. The maximum Gasteiger partial charge on any atom is 0.224 e. The summed E-state index contributed by atoms with van der Waals surface area (Å²) in [5.41, 5.74) is 1.59. The lowest BCUT2D eigenvalue weighted by atomic mass is 10.2. The molecule has 0 aromatic heterocycles. The lowest BCUT2D eigenvalue weighted by Gasteiger charge is -2.12. The predicted molar refractivity (Wildman–Crippen MR) is 79.0 cm³/mol. The Bertz CT molecular complexity index is 424. The van der Waals surface area contributed by atoms with E-state index in [1.54, 1.807) is 24.9 Å². The summed E-state index contributed by atoms with van der Waals surface area (Å²) in [6.45, 7) is 1.89. The highest BCUT2D eigenvalue weighted by molar-refractivity contribution is 7.98. The number of halogens is 1. The standard InChI is InChI=1S/C13H18ClNO2S/c1-9-7-11(12(17-2)8-10(9)14)15-13(16)5-4-6-18-3/h7-8H,4-6H2,1-3H3,(H,15,16). The number of rotatable bonds is 6. The van der Waals surface area contributed by atoms with Gasteiger partial charge in [0, 0.05) is 17.5 Å². The first-order valence-corrected chi connectivity index (χ1v) is 7.48. The fraction of sp³-hybridized carbons (Fsp3) is 0.462. The maximum atomic E-state index is 11.7. The average Bonchev–Trinajstić information content (AvgIpc) is 2.34. The van der Waals surface area contributed by atoms with E-state index in [1.165, 1.54) is 0 Å². The lowest BCUT2D eigenvalue weighted by Crippen LogP contribution is -2.12. The van der Waals surface area contributed by atoms with Crippen molar-refractivity contribution in [2.45, 2.75) is 19.8 Å². The molecule has 0 aliphatic heterocycles. The van der Waals surface area contributed by atoms with Crippen LogP contribution in [-0.4, -0.2) is 25.0 Å². The van der Waals surface area contributed by atoms with Gasteiger partial charge in [0.05, 0.1) is 12.8 Å². The average molecular weight is 288 g/mol. The van der Waals surface area contributed by atoms with Gasteiger partial charge in [-0.15, -0.1) is 0 Å². The number of hydrogen-bond acceptors (Lipinski definition) is 3. The molecule has 0 bridgehead atoms. The van der Waals surface area contributed by atoms with Crippen LogP contribution in [0.25, 0.3) is 0 Å². The lowest BCUT2D eigenvalue weighted by molar-refractivity contribution is -0.116. The van der Waals surface area contributed by atoms with E-state index in [9.17, 15) is 4.79 Å². The summed E-state index contributed by atoms with van der Waals surface area (Å²) in [7, 11) is 1.56. The Labute approximate surface area is 117 Å². The molecular weight excluding hydrogens is 270 g/mol. The van der Waals surface area contributed by atoms with Crippen LogP contribution in [0.1, 0.15) is 18.4 Å². The first kappa shape index (κ1) is 15.2. The van der Waals surface area contributed by atoms with E-state index in [4.69, 9.17) is 16.3 Å². The Morgan fingerprint density at radius 2 is 2.22 bits per heavy atom. The second kappa shape index (κ2) is 7.54. The molecule has 1 aromatic carbocycles. The molecule has 1 amide bonds. The molecule has 18 heavy (non-hydrogen) atoms. The molecule has 0 saturated carbocycles. The van der Waals surface area contributed by atoms with E-state index in [0.29, 0.717) is 22.9 Å². The van der Waals surface area contributed by atoms with Crippen LogP contribution >= 0.6 is 23.4 Å². The van der Waals surface area contributed by atoms with Gasteiger partial charge in [-0.2, -0.15) is 11.8 Å². The van der Waals surface area contributed by atoms with Crippen molar-refractivity contribution >= 4 is 35.0 Å². The highest BCUT2D eigenvalue weighted by atomic mass is 35.5. The van der Waals surface area contributed by atoms with Crippen LogP contribution < -0.4 is 10.1 Å². The minimum atomic E-state index is 0.00377. The van der Waals surface area contributed by atoms with Gasteiger partial charge >= 0.3 is 0 Å². The normalized spacial score (nSPS) is 10.2. The number of aryl methyl sites for hydroxylation is 1. The van der Waals surface area contributed by atoms with Crippen LogP contribution in [0.4, 0.5) is 5.69 Å². The summed E-state index contributed by atoms with van der Waals surface area (Å²) in [5.74, 6) is 1.58. The van der Waals surface area contributed by atoms with Gasteiger partial charge in [-0.1, -0.05) is 11.6 Å². The molecule has 0 atom stereocenters. The van der Waals surface area contributed by atoms with Crippen LogP contribution in [0.5, 0.6) is 5.75 Å². The molecule has 0 radical (unpaired) electrons. The summed E-state index contributed by atoms with van der Waals surface area (Å²) in [6, 6.07) is 3.54. The van der Waals surface area contributed by atoms with Gasteiger partial charge in [0.15, 0.2) is 0 Å². The summed E-state index contributed by atoms with van der Waals surface area (Å²) in [6.07, 6.45) is 3.43. The van der Waals surface area contributed by atoms with Crippen LogP contribution in [0.3, 0.4) is 0 Å². The fourth-order valence-corrected chi connectivity index (χ4v) is 2.11. The number of hydrogen-bond donors (Lipinski definition) is 1. The molecule has 0 fully saturated rings. The fourth-order valence-electron chi connectivity index (χ4n) is 1.52. The third-order valence-electron chi connectivity index (χ3n) is 2.51. The Morgan fingerprint density at radius 3 is 2.83 bits per heavy atom. The number of nitrogens with one attached hydrogen (secondary N) is 1. The molecule has 0 spiro atoms. The second-order valence-corrected chi connectivity index (χ2v) is 5.34. The molecular formula is C13H18ClNO2S. The van der Waals surface area contributed by atoms with E-state index in [2.05, 4.69) is 5.32 Å². The summed E-state index contributed by atoms with van der Waals surface area (Å²) < 4.78 is 5.20. The van der Waals surface area contributed by atoms with Crippen LogP contribution in [0, 0.1) is 6.92 Å². The van der Waals surface area contributed by atoms with E-state index in [1.807, 2.05) is 19.2 Å². The van der Waals surface area contributed by atoms with Gasteiger partial charge in [0.25, 0.3) is 0 Å². The van der Waals surface area contributed by atoms with Crippen LogP contribution in [0.15, 0.2) is 12.1 Å². The van der Waals surface area contributed by atoms with Gasteiger partial charge in [-0.05, 0) is 37.0 Å². The third kappa shape index (κ3) is 4.42. The van der Waals surface area contributed by atoms with Gasteiger partial charge in [-0.3, -0.25) is 4.79 Å². The highest BCUT2D eigenvalue weighted by Crippen LogP contribution is 2.31. The first-order chi connectivity index (χ1) is 8.58. The number of benzene rings is 1. The molecule has 5 heteroatoms. The predicted octanol–water partition coefficient (Wildman–Crippen LogP) is 3.74. The number of carbonyl (C=O) groups excluding carboxylic acids is 1. The van der Waals surface area contributed by atoms with Crippen molar-refractivity contribution < 1.29 is 9.53 Å². The highest BCUT2D eigenvalue weighted by Gasteiger charge is 2.10. The van der Waals surface area contributed by atoms with Crippen LogP contribution in [-0.2, 0) is 4.79 Å². The molecule has 0 heterocycles. The van der Waals surface area contributed by atoms with Crippen molar-refractivity contribution in [3.63, 3.8) is 0 Å². The van der Waals surface area contributed by atoms with E-state index in [-0.39, 0.29) is 5.91 Å². The quantitative estimate of drug-likeness (QED) is 0.810. The Kier molecular flexibility index (Phi) is 6.36.